The summed E-state index contributed by atoms with van der Waals surface area (Å²) >= 11 is 0. The Labute approximate surface area is 158 Å². The van der Waals surface area contributed by atoms with Gasteiger partial charge in [0.25, 0.3) is 0 Å². The molecule has 3 aromatic rings. The average Bonchev–Trinajstić information content (AvgIpc) is 2.72. The van der Waals surface area contributed by atoms with E-state index >= 15 is 0 Å². The number of pyridine rings is 3. The average molecular weight is 361 g/mol. The van der Waals surface area contributed by atoms with Crippen LogP contribution in [-0.2, 0) is 23.2 Å². The summed E-state index contributed by atoms with van der Waals surface area (Å²) in [5, 5.41) is 3.42. The van der Waals surface area contributed by atoms with E-state index in [4.69, 9.17) is 5.73 Å². The van der Waals surface area contributed by atoms with Gasteiger partial charge >= 0.3 is 0 Å². The van der Waals surface area contributed by atoms with Crippen molar-refractivity contribution in [3.05, 3.63) is 90.3 Å². The predicted molar refractivity (Wildman–Crippen MR) is 104 cm³/mol. The van der Waals surface area contributed by atoms with Crippen LogP contribution in [0.3, 0.4) is 0 Å². The summed E-state index contributed by atoms with van der Waals surface area (Å²) in [6, 6.07) is 11.5. The number of nitrogens with two attached hydrogens (primary N) is 1. The highest BCUT2D eigenvalue weighted by Crippen LogP contribution is 2.26. The molecule has 3 heterocycles. The van der Waals surface area contributed by atoms with E-state index in [9.17, 15) is 4.79 Å². The van der Waals surface area contributed by atoms with Gasteiger partial charge in [-0.1, -0.05) is 6.07 Å². The Kier molecular flexibility index (Phi) is 6.22. The SMILES string of the molecule is NC(=O)C(CCc1cccnc1)(NCCc1ccncc1)c1ccncc1. The number of aromatic nitrogens is 3. The van der Waals surface area contributed by atoms with Crippen LogP contribution < -0.4 is 11.1 Å². The fraction of sp³-hybridized carbons (Fsp3) is 0.238. The van der Waals surface area contributed by atoms with Gasteiger partial charge in [0.1, 0.15) is 5.54 Å². The number of carbonyl (C=O) groups is 1. The van der Waals surface area contributed by atoms with E-state index in [2.05, 4.69) is 20.3 Å². The highest BCUT2D eigenvalue weighted by atomic mass is 16.1. The van der Waals surface area contributed by atoms with E-state index in [1.54, 1.807) is 31.0 Å². The minimum atomic E-state index is -0.966. The van der Waals surface area contributed by atoms with Crippen molar-refractivity contribution < 1.29 is 4.79 Å². The highest BCUT2D eigenvalue weighted by Gasteiger charge is 2.37. The minimum absolute atomic E-state index is 0.396. The molecule has 1 amide bonds. The number of carbonyl (C=O) groups excluding carboxylic acids is 1. The van der Waals surface area contributed by atoms with E-state index in [1.165, 1.54) is 0 Å². The Bertz CT molecular complexity index is 842. The maximum absolute atomic E-state index is 12.6. The third-order valence-corrected chi connectivity index (χ3v) is 4.70. The van der Waals surface area contributed by atoms with E-state index in [0.717, 1.165) is 23.1 Å². The molecule has 3 aromatic heterocycles. The first-order valence-corrected chi connectivity index (χ1v) is 8.94. The first-order valence-electron chi connectivity index (χ1n) is 8.94. The predicted octanol–water partition coefficient (Wildman–Crippen LogP) is 2.02. The molecule has 1 atom stereocenters. The molecular formula is C21H23N5O. The molecule has 1 unspecified atom stereocenters. The van der Waals surface area contributed by atoms with Crippen molar-refractivity contribution in [3.63, 3.8) is 0 Å². The van der Waals surface area contributed by atoms with Gasteiger partial charge in [-0.2, -0.15) is 0 Å². The first-order chi connectivity index (χ1) is 13.2. The molecule has 0 radical (unpaired) electrons. The van der Waals surface area contributed by atoms with Gasteiger partial charge in [0, 0.05) is 43.7 Å². The Balaban J connectivity index is 1.81. The Hall–Kier alpha value is -3.12. The van der Waals surface area contributed by atoms with E-state index in [0.29, 0.717) is 19.4 Å². The zero-order valence-electron chi connectivity index (χ0n) is 15.1. The molecule has 0 aliphatic carbocycles. The van der Waals surface area contributed by atoms with Crippen LogP contribution in [0.1, 0.15) is 23.1 Å². The van der Waals surface area contributed by atoms with Gasteiger partial charge in [-0.3, -0.25) is 25.1 Å². The number of aryl methyl sites for hydroxylation is 1. The molecule has 0 bridgehead atoms. The maximum atomic E-state index is 12.6. The number of nitrogens with zero attached hydrogens (tertiary/aromatic N) is 3. The molecular weight excluding hydrogens is 338 g/mol. The summed E-state index contributed by atoms with van der Waals surface area (Å²) in [7, 11) is 0. The van der Waals surface area contributed by atoms with Crippen LogP contribution in [-0.4, -0.2) is 27.4 Å². The maximum Gasteiger partial charge on any atom is 0.242 e. The lowest BCUT2D eigenvalue weighted by Crippen LogP contribution is -2.53. The Morgan fingerprint density at radius 3 is 2.22 bits per heavy atom. The van der Waals surface area contributed by atoms with Crippen molar-refractivity contribution in [2.75, 3.05) is 6.54 Å². The van der Waals surface area contributed by atoms with E-state index < -0.39 is 11.4 Å². The molecule has 0 spiro atoms. The third kappa shape index (κ3) is 4.74. The highest BCUT2D eigenvalue weighted by molar-refractivity contribution is 5.86. The van der Waals surface area contributed by atoms with Crippen molar-refractivity contribution >= 4 is 5.91 Å². The molecule has 0 fully saturated rings. The molecule has 0 aromatic carbocycles. The monoisotopic (exact) mass is 361 g/mol. The number of hydrogen-bond acceptors (Lipinski definition) is 5. The number of hydrogen-bond donors (Lipinski definition) is 2. The number of nitrogens with one attached hydrogen (secondary N) is 1. The fourth-order valence-electron chi connectivity index (χ4n) is 3.17. The quantitative estimate of drug-likeness (QED) is 0.608. The summed E-state index contributed by atoms with van der Waals surface area (Å²) < 4.78 is 0. The lowest BCUT2D eigenvalue weighted by atomic mass is 9.83. The van der Waals surface area contributed by atoms with Crippen LogP contribution >= 0.6 is 0 Å². The van der Waals surface area contributed by atoms with Crippen LogP contribution in [0.25, 0.3) is 0 Å². The Morgan fingerprint density at radius 1 is 0.889 bits per heavy atom. The van der Waals surface area contributed by atoms with Gasteiger partial charge in [-0.15, -0.1) is 0 Å². The standard InChI is InChI=1S/C21H23N5O/c22-20(27)21(19-7-13-24-14-8-19,9-3-18-2-1-10-25-16-18)26-15-6-17-4-11-23-12-5-17/h1-2,4-5,7-8,10-14,16,26H,3,6,9,15H2,(H2,22,27). The second kappa shape index (κ2) is 9.00. The van der Waals surface area contributed by atoms with E-state index in [-0.39, 0.29) is 0 Å². The van der Waals surface area contributed by atoms with Gasteiger partial charge < -0.3 is 5.73 Å². The van der Waals surface area contributed by atoms with E-state index in [1.807, 2.05) is 42.6 Å². The molecule has 3 N–H and O–H groups in total. The molecule has 27 heavy (non-hydrogen) atoms. The van der Waals surface area contributed by atoms with Crippen molar-refractivity contribution in [2.45, 2.75) is 24.8 Å². The lowest BCUT2D eigenvalue weighted by Gasteiger charge is -2.32. The van der Waals surface area contributed by atoms with Crippen LogP contribution in [0.5, 0.6) is 0 Å². The number of amides is 1. The summed E-state index contributed by atoms with van der Waals surface area (Å²) in [6.45, 7) is 0.613. The van der Waals surface area contributed by atoms with Crippen molar-refractivity contribution in [1.29, 1.82) is 0 Å². The van der Waals surface area contributed by atoms with Gasteiger partial charge in [0.2, 0.25) is 5.91 Å². The number of rotatable bonds is 9. The largest absolute Gasteiger partial charge is 0.368 e. The zero-order chi connectivity index (χ0) is 19.0. The molecule has 0 aliphatic rings. The summed E-state index contributed by atoms with van der Waals surface area (Å²) in [5.74, 6) is -0.396. The second-order valence-corrected chi connectivity index (χ2v) is 6.40. The van der Waals surface area contributed by atoms with Crippen LogP contribution in [0.2, 0.25) is 0 Å². The van der Waals surface area contributed by atoms with Crippen LogP contribution in [0, 0.1) is 0 Å². The second-order valence-electron chi connectivity index (χ2n) is 6.40. The van der Waals surface area contributed by atoms with Crippen LogP contribution in [0.4, 0.5) is 0 Å². The normalized spacial score (nSPS) is 13.0. The molecule has 0 saturated heterocycles. The minimum Gasteiger partial charge on any atom is -0.368 e. The first kappa shape index (κ1) is 18.7. The molecule has 3 rings (SSSR count). The van der Waals surface area contributed by atoms with Crippen LogP contribution in [0.15, 0.2) is 73.6 Å². The molecule has 6 heteroatoms. The fourth-order valence-corrected chi connectivity index (χ4v) is 3.17. The lowest BCUT2D eigenvalue weighted by molar-refractivity contribution is -0.125. The van der Waals surface area contributed by atoms with Gasteiger partial charge in [-0.25, -0.2) is 0 Å². The van der Waals surface area contributed by atoms with Crippen molar-refractivity contribution in [1.82, 2.24) is 20.3 Å². The molecule has 138 valence electrons. The van der Waals surface area contributed by atoms with Crippen molar-refractivity contribution in [2.24, 2.45) is 5.73 Å². The summed E-state index contributed by atoms with van der Waals surface area (Å²) in [6.07, 6.45) is 12.4. The topological polar surface area (TPSA) is 93.8 Å². The van der Waals surface area contributed by atoms with Crippen molar-refractivity contribution in [3.8, 4) is 0 Å². The Morgan fingerprint density at radius 2 is 1.59 bits per heavy atom. The smallest absolute Gasteiger partial charge is 0.242 e. The summed E-state index contributed by atoms with van der Waals surface area (Å²) in [5.41, 5.74) is 7.97. The van der Waals surface area contributed by atoms with Gasteiger partial charge in [0.15, 0.2) is 0 Å². The molecule has 0 saturated carbocycles. The molecule has 0 aliphatic heterocycles. The zero-order valence-corrected chi connectivity index (χ0v) is 15.1. The van der Waals surface area contributed by atoms with Gasteiger partial charge in [-0.05, 0) is 66.3 Å². The summed E-state index contributed by atoms with van der Waals surface area (Å²) in [4.78, 5) is 24.9. The molecule has 6 nitrogen and oxygen atoms in total. The third-order valence-electron chi connectivity index (χ3n) is 4.70. The van der Waals surface area contributed by atoms with Gasteiger partial charge in [0.05, 0.1) is 0 Å². The number of primary amides is 1.